The minimum Gasteiger partial charge on any atom is -0.334 e. The first-order chi connectivity index (χ1) is 11.2. The highest BCUT2D eigenvalue weighted by Crippen LogP contribution is 2.34. The van der Waals surface area contributed by atoms with E-state index in [9.17, 15) is 13.6 Å². The number of rotatable bonds is 4. The van der Waals surface area contributed by atoms with Crippen LogP contribution >= 0.6 is 0 Å². The Morgan fingerprint density at radius 1 is 1.33 bits per heavy atom. The Bertz CT molecular complexity index is 722. The zero-order valence-electron chi connectivity index (χ0n) is 14.2. The molecule has 1 aromatic carbocycles. The summed E-state index contributed by atoms with van der Waals surface area (Å²) in [6.07, 6.45) is 3.45. The van der Waals surface area contributed by atoms with Crippen molar-refractivity contribution in [2.75, 3.05) is 0 Å². The molecule has 2 N–H and O–H groups in total. The Balaban J connectivity index is 2.10. The van der Waals surface area contributed by atoms with Crippen molar-refractivity contribution in [2.24, 2.45) is 12.5 Å². The van der Waals surface area contributed by atoms with Crippen molar-refractivity contribution in [3.05, 3.63) is 53.4 Å². The Morgan fingerprint density at radius 3 is 2.58 bits per heavy atom. The molecule has 0 aliphatic rings. The molecule has 2 aromatic rings. The summed E-state index contributed by atoms with van der Waals surface area (Å²) in [4.78, 5) is 12.2. The van der Waals surface area contributed by atoms with Gasteiger partial charge in [-0.15, -0.1) is 0 Å². The van der Waals surface area contributed by atoms with Crippen molar-refractivity contribution in [1.82, 2.24) is 20.4 Å². The van der Waals surface area contributed by atoms with Gasteiger partial charge in [0.05, 0.1) is 12.2 Å². The lowest BCUT2D eigenvalue weighted by atomic mass is 9.82. The number of carbonyl (C=O) groups excluding carboxylic acids is 1. The number of aryl methyl sites for hydroxylation is 1. The van der Waals surface area contributed by atoms with Gasteiger partial charge in [-0.05, 0) is 11.5 Å². The maximum absolute atomic E-state index is 14.1. The minimum absolute atomic E-state index is 0.250. The molecule has 0 saturated carbocycles. The van der Waals surface area contributed by atoms with Crippen LogP contribution in [0.25, 0.3) is 0 Å². The van der Waals surface area contributed by atoms with E-state index in [4.69, 9.17) is 0 Å². The van der Waals surface area contributed by atoms with E-state index in [2.05, 4.69) is 15.7 Å². The summed E-state index contributed by atoms with van der Waals surface area (Å²) in [5, 5.41) is 9.51. The van der Waals surface area contributed by atoms with Gasteiger partial charge in [0.2, 0.25) is 0 Å². The van der Waals surface area contributed by atoms with Gasteiger partial charge in [0.15, 0.2) is 0 Å². The molecular formula is C17H22F2N4O. The van der Waals surface area contributed by atoms with E-state index in [0.717, 1.165) is 11.6 Å². The number of benzene rings is 1. The monoisotopic (exact) mass is 336 g/mol. The predicted molar refractivity (Wildman–Crippen MR) is 87.1 cm³/mol. The van der Waals surface area contributed by atoms with Crippen LogP contribution in [-0.2, 0) is 13.6 Å². The molecular weight excluding hydrogens is 314 g/mol. The van der Waals surface area contributed by atoms with Gasteiger partial charge >= 0.3 is 6.03 Å². The molecule has 130 valence electrons. The second-order valence-corrected chi connectivity index (χ2v) is 6.81. The van der Waals surface area contributed by atoms with Crippen molar-refractivity contribution in [2.45, 2.75) is 33.4 Å². The van der Waals surface area contributed by atoms with E-state index in [1.54, 1.807) is 24.1 Å². The van der Waals surface area contributed by atoms with E-state index in [-0.39, 0.29) is 5.56 Å². The van der Waals surface area contributed by atoms with Crippen LogP contribution in [0.1, 0.15) is 37.9 Å². The molecule has 5 nitrogen and oxygen atoms in total. The lowest BCUT2D eigenvalue weighted by molar-refractivity contribution is 0.216. The molecule has 0 bridgehead atoms. The van der Waals surface area contributed by atoms with E-state index < -0.39 is 29.1 Å². The third-order valence-electron chi connectivity index (χ3n) is 3.63. The quantitative estimate of drug-likeness (QED) is 0.900. The molecule has 0 saturated heterocycles. The predicted octanol–water partition coefficient (Wildman–Crippen LogP) is 3.28. The fourth-order valence-electron chi connectivity index (χ4n) is 2.42. The molecule has 24 heavy (non-hydrogen) atoms. The molecule has 0 aliphatic carbocycles. The fourth-order valence-corrected chi connectivity index (χ4v) is 2.42. The summed E-state index contributed by atoms with van der Waals surface area (Å²) in [7, 11) is 1.79. The number of halogens is 2. The van der Waals surface area contributed by atoms with Crippen LogP contribution < -0.4 is 10.6 Å². The number of aromatic nitrogens is 2. The largest absolute Gasteiger partial charge is 0.334 e. The summed E-state index contributed by atoms with van der Waals surface area (Å²) in [5.41, 5.74) is 0.651. The average molecular weight is 336 g/mol. The van der Waals surface area contributed by atoms with E-state index in [0.29, 0.717) is 6.54 Å². The Labute approximate surface area is 140 Å². The van der Waals surface area contributed by atoms with Crippen LogP contribution in [0.3, 0.4) is 0 Å². The van der Waals surface area contributed by atoms with Crippen LogP contribution in [0.5, 0.6) is 0 Å². The van der Waals surface area contributed by atoms with Crippen molar-refractivity contribution in [1.29, 1.82) is 0 Å². The molecule has 7 heteroatoms. The highest BCUT2D eigenvalue weighted by atomic mass is 19.1. The molecule has 0 radical (unpaired) electrons. The molecule has 0 spiro atoms. The number of hydrogen-bond acceptors (Lipinski definition) is 2. The van der Waals surface area contributed by atoms with Crippen LogP contribution in [0, 0.1) is 17.0 Å². The van der Waals surface area contributed by atoms with Crippen LogP contribution in [0.15, 0.2) is 30.6 Å². The summed E-state index contributed by atoms with van der Waals surface area (Å²) >= 11 is 0. The van der Waals surface area contributed by atoms with Gasteiger partial charge in [0, 0.05) is 37.0 Å². The topological polar surface area (TPSA) is 59.0 Å². The van der Waals surface area contributed by atoms with Gasteiger partial charge in [0.25, 0.3) is 0 Å². The maximum atomic E-state index is 14.1. The summed E-state index contributed by atoms with van der Waals surface area (Å²) in [6.45, 7) is 5.94. The third-order valence-corrected chi connectivity index (χ3v) is 3.63. The van der Waals surface area contributed by atoms with Crippen molar-refractivity contribution in [3.8, 4) is 0 Å². The average Bonchev–Trinajstić information content (AvgIpc) is 2.88. The van der Waals surface area contributed by atoms with Crippen molar-refractivity contribution in [3.63, 3.8) is 0 Å². The Hall–Kier alpha value is -2.44. The Kier molecular flexibility index (Phi) is 5.21. The van der Waals surface area contributed by atoms with Gasteiger partial charge in [-0.25, -0.2) is 13.6 Å². The Morgan fingerprint density at radius 2 is 2.04 bits per heavy atom. The van der Waals surface area contributed by atoms with Gasteiger partial charge in [0.1, 0.15) is 11.6 Å². The zero-order chi connectivity index (χ0) is 17.9. The molecule has 1 heterocycles. The first-order valence-electron chi connectivity index (χ1n) is 7.63. The molecule has 2 rings (SSSR count). The van der Waals surface area contributed by atoms with Gasteiger partial charge in [-0.1, -0.05) is 26.8 Å². The highest BCUT2D eigenvalue weighted by molar-refractivity contribution is 5.74. The number of urea groups is 1. The number of amides is 2. The molecule has 0 aliphatic heterocycles. The van der Waals surface area contributed by atoms with E-state index in [1.165, 1.54) is 12.1 Å². The minimum atomic E-state index is -0.678. The number of nitrogens with zero attached hydrogens (tertiary/aromatic N) is 2. The second kappa shape index (κ2) is 6.98. The SMILES string of the molecule is Cn1cc(CNC(=O)N[C@H](c2ccc(F)cc2F)C(C)(C)C)cn1. The first kappa shape index (κ1) is 17.9. The first-order valence-corrected chi connectivity index (χ1v) is 7.63. The smallest absolute Gasteiger partial charge is 0.315 e. The highest BCUT2D eigenvalue weighted by Gasteiger charge is 2.30. The van der Waals surface area contributed by atoms with Gasteiger partial charge in [-0.3, -0.25) is 4.68 Å². The van der Waals surface area contributed by atoms with E-state index in [1.807, 2.05) is 20.8 Å². The van der Waals surface area contributed by atoms with Gasteiger partial charge < -0.3 is 10.6 Å². The number of nitrogens with one attached hydrogen (secondary N) is 2. The molecule has 0 unspecified atom stereocenters. The fraction of sp³-hybridized carbons (Fsp3) is 0.412. The lowest BCUT2D eigenvalue weighted by Gasteiger charge is -2.32. The summed E-state index contributed by atoms with van der Waals surface area (Å²) in [5.74, 6) is -1.33. The van der Waals surface area contributed by atoms with Crippen LogP contribution in [0.2, 0.25) is 0 Å². The molecule has 1 atom stereocenters. The standard InChI is InChI=1S/C17H22F2N4O/c1-17(2,3)15(13-6-5-12(18)7-14(13)19)22-16(24)20-8-11-9-21-23(4)10-11/h5-7,9-10,15H,8H2,1-4H3,(H2,20,22,24)/t15-/m1/s1. The normalized spacial score (nSPS) is 12.8. The molecule has 2 amide bonds. The lowest BCUT2D eigenvalue weighted by Crippen LogP contribution is -2.42. The van der Waals surface area contributed by atoms with Crippen molar-refractivity contribution < 1.29 is 13.6 Å². The number of carbonyl (C=O) groups is 1. The molecule has 1 aromatic heterocycles. The van der Waals surface area contributed by atoms with Gasteiger partial charge in [-0.2, -0.15) is 5.10 Å². The van der Waals surface area contributed by atoms with E-state index >= 15 is 0 Å². The van der Waals surface area contributed by atoms with Crippen LogP contribution in [0.4, 0.5) is 13.6 Å². The second-order valence-electron chi connectivity index (χ2n) is 6.81. The maximum Gasteiger partial charge on any atom is 0.315 e. The van der Waals surface area contributed by atoms with Crippen LogP contribution in [-0.4, -0.2) is 15.8 Å². The number of hydrogen-bond donors (Lipinski definition) is 2. The third kappa shape index (κ3) is 4.53. The van der Waals surface area contributed by atoms with Crippen molar-refractivity contribution >= 4 is 6.03 Å². The molecule has 0 fully saturated rings. The summed E-state index contributed by atoms with van der Waals surface area (Å²) < 4.78 is 28.9. The zero-order valence-corrected chi connectivity index (χ0v) is 14.2. The summed E-state index contributed by atoms with van der Waals surface area (Å²) in [6, 6.07) is 2.34.